The summed E-state index contributed by atoms with van der Waals surface area (Å²) in [6, 6.07) is 9.46. The zero-order valence-corrected chi connectivity index (χ0v) is 11.7. The summed E-state index contributed by atoms with van der Waals surface area (Å²) >= 11 is 11.9. The van der Waals surface area contributed by atoms with Crippen LogP contribution in [0.1, 0.15) is 5.56 Å². The van der Waals surface area contributed by atoms with Crippen LogP contribution in [0.15, 0.2) is 36.4 Å². The molecule has 0 saturated heterocycles. The first-order valence-corrected chi connectivity index (χ1v) is 6.34. The monoisotopic (exact) mass is 312 g/mol. The Morgan fingerprint density at radius 1 is 1.20 bits per heavy atom. The van der Waals surface area contributed by atoms with Crippen LogP contribution in [0.5, 0.6) is 5.75 Å². The molecule has 104 valence electrons. The summed E-state index contributed by atoms with van der Waals surface area (Å²) in [6.45, 7) is 0.102. The number of nitro benzene ring substituents is 1. The van der Waals surface area contributed by atoms with Crippen molar-refractivity contribution in [3.63, 3.8) is 0 Å². The average molecular weight is 313 g/mol. The van der Waals surface area contributed by atoms with E-state index in [1.54, 1.807) is 24.3 Å². The average Bonchev–Trinajstić information content (AvgIpc) is 2.39. The first kappa shape index (κ1) is 14.4. The van der Waals surface area contributed by atoms with E-state index in [0.717, 1.165) is 0 Å². The summed E-state index contributed by atoms with van der Waals surface area (Å²) in [5.74, 6) is 0.343. The van der Waals surface area contributed by atoms with Gasteiger partial charge < -0.3 is 10.5 Å². The maximum absolute atomic E-state index is 10.8. The highest BCUT2D eigenvalue weighted by molar-refractivity contribution is 6.37. The molecule has 7 heteroatoms. The van der Waals surface area contributed by atoms with E-state index in [1.165, 1.54) is 12.1 Å². The maximum atomic E-state index is 10.8. The molecule has 2 aromatic carbocycles. The molecule has 0 unspecified atom stereocenters. The minimum Gasteiger partial charge on any atom is -0.486 e. The number of nitro groups is 1. The summed E-state index contributed by atoms with van der Waals surface area (Å²) in [5, 5.41) is 11.6. The molecular formula is C13H10Cl2N2O3. The highest BCUT2D eigenvalue weighted by Crippen LogP contribution is 2.33. The van der Waals surface area contributed by atoms with Crippen LogP contribution in [0, 0.1) is 10.1 Å². The third kappa shape index (κ3) is 3.12. The Kier molecular flexibility index (Phi) is 4.32. The molecule has 0 aromatic heterocycles. The summed E-state index contributed by atoms with van der Waals surface area (Å²) in [7, 11) is 0. The molecule has 0 heterocycles. The van der Waals surface area contributed by atoms with Crippen molar-refractivity contribution in [3.8, 4) is 5.75 Å². The van der Waals surface area contributed by atoms with Gasteiger partial charge in [-0.2, -0.15) is 0 Å². The lowest BCUT2D eigenvalue weighted by Gasteiger charge is -2.10. The van der Waals surface area contributed by atoms with Crippen molar-refractivity contribution in [2.75, 3.05) is 5.73 Å². The van der Waals surface area contributed by atoms with Crippen LogP contribution in [-0.4, -0.2) is 4.92 Å². The van der Waals surface area contributed by atoms with Gasteiger partial charge in [0.15, 0.2) is 5.75 Å². The third-order valence-corrected chi connectivity index (χ3v) is 3.19. The van der Waals surface area contributed by atoms with Gasteiger partial charge in [0.05, 0.1) is 15.0 Å². The number of hydrogen-bond acceptors (Lipinski definition) is 4. The zero-order valence-electron chi connectivity index (χ0n) is 10.2. The molecule has 0 aliphatic heterocycles. The van der Waals surface area contributed by atoms with Crippen molar-refractivity contribution in [2.24, 2.45) is 0 Å². The zero-order chi connectivity index (χ0) is 14.7. The molecule has 0 radical (unpaired) electrons. The number of ether oxygens (including phenoxy) is 1. The molecule has 5 nitrogen and oxygen atoms in total. The predicted molar refractivity (Wildman–Crippen MR) is 78.3 cm³/mol. The van der Waals surface area contributed by atoms with Gasteiger partial charge in [-0.05, 0) is 23.8 Å². The Morgan fingerprint density at radius 2 is 1.85 bits per heavy atom. The minimum atomic E-state index is -0.540. The Balaban J connectivity index is 2.19. The van der Waals surface area contributed by atoms with E-state index in [4.69, 9.17) is 33.7 Å². The number of nitrogens with zero attached hydrogens (tertiary/aromatic N) is 1. The van der Waals surface area contributed by atoms with E-state index in [2.05, 4.69) is 0 Å². The number of rotatable bonds is 4. The normalized spacial score (nSPS) is 10.3. The van der Waals surface area contributed by atoms with Crippen LogP contribution in [0.3, 0.4) is 0 Å². The van der Waals surface area contributed by atoms with Crippen LogP contribution < -0.4 is 10.5 Å². The highest BCUT2D eigenvalue weighted by Gasteiger charge is 2.13. The molecule has 0 amide bonds. The topological polar surface area (TPSA) is 78.4 Å². The maximum Gasteiger partial charge on any atom is 0.292 e. The smallest absolute Gasteiger partial charge is 0.292 e. The van der Waals surface area contributed by atoms with E-state index < -0.39 is 4.92 Å². The van der Waals surface area contributed by atoms with E-state index in [-0.39, 0.29) is 18.0 Å². The fourth-order valence-electron chi connectivity index (χ4n) is 1.61. The lowest BCUT2D eigenvalue weighted by Crippen LogP contribution is -2.00. The molecule has 0 atom stereocenters. The Labute approximate surface area is 125 Å². The van der Waals surface area contributed by atoms with Crippen molar-refractivity contribution < 1.29 is 9.66 Å². The van der Waals surface area contributed by atoms with Gasteiger partial charge in [-0.25, -0.2) is 0 Å². The Hall–Kier alpha value is -1.98. The lowest BCUT2D eigenvalue weighted by atomic mass is 10.2. The van der Waals surface area contributed by atoms with E-state index >= 15 is 0 Å². The molecule has 0 fully saturated rings. The summed E-state index contributed by atoms with van der Waals surface area (Å²) in [4.78, 5) is 10.3. The second-order valence-electron chi connectivity index (χ2n) is 3.99. The molecule has 20 heavy (non-hydrogen) atoms. The minimum absolute atomic E-state index is 0.102. The van der Waals surface area contributed by atoms with Gasteiger partial charge in [0.1, 0.15) is 12.3 Å². The Bertz CT molecular complexity index is 642. The van der Waals surface area contributed by atoms with Crippen molar-refractivity contribution in [1.29, 1.82) is 0 Å². The number of nitrogen functional groups attached to an aromatic ring is 1. The van der Waals surface area contributed by atoms with E-state index in [1.807, 2.05) is 0 Å². The number of anilines is 1. The van der Waals surface area contributed by atoms with Crippen molar-refractivity contribution in [1.82, 2.24) is 0 Å². The summed E-state index contributed by atoms with van der Waals surface area (Å²) < 4.78 is 5.50. The fourth-order valence-corrected chi connectivity index (χ4v) is 2.12. The second kappa shape index (κ2) is 5.98. The highest BCUT2D eigenvalue weighted by atomic mass is 35.5. The summed E-state index contributed by atoms with van der Waals surface area (Å²) in [6.07, 6.45) is 0. The predicted octanol–water partition coefficient (Wildman–Crippen LogP) is 4.06. The quantitative estimate of drug-likeness (QED) is 0.524. The third-order valence-electron chi connectivity index (χ3n) is 2.59. The lowest BCUT2D eigenvalue weighted by molar-refractivity contribution is -0.384. The number of hydrogen-bond donors (Lipinski definition) is 1. The van der Waals surface area contributed by atoms with Crippen molar-refractivity contribution >= 4 is 34.6 Å². The number of para-hydroxylation sites is 1. The Morgan fingerprint density at radius 3 is 2.45 bits per heavy atom. The van der Waals surface area contributed by atoms with Crippen LogP contribution in [0.4, 0.5) is 11.4 Å². The standard InChI is InChI=1S/C13H10Cl2N2O3/c14-9-2-1-3-10(15)13(9)20-7-8-4-5-11(16)12(6-8)17(18)19/h1-6H,7,16H2. The SMILES string of the molecule is Nc1ccc(COc2c(Cl)cccc2Cl)cc1[N+](=O)[O-]. The van der Waals surface area contributed by atoms with E-state index in [0.29, 0.717) is 21.4 Å². The molecule has 0 aliphatic rings. The second-order valence-corrected chi connectivity index (χ2v) is 4.80. The number of benzene rings is 2. The molecule has 2 rings (SSSR count). The van der Waals surface area contributed by atoms with Crippen LogP contribution >= 0.6 is 23.2 Å². The molecule has 2 N–H and O–H groups in total. The molecule has 0 spiro atoms. The number of halogens is 2. The van der Waals surface area contributed by atoms with Crippen molar-refractivity contribution in [2.45, 2.75) is 6.61 Å². The first-order chi connectivity index (χ1) is 9.49. The van der Waals surface area contributed by atoms with Gasteiger partial charge in [0.2, 0.25) is 0 Å². The van der Waals surface area contributed by atoms with Gasteiger partial charge in [-0.3, -0.25) is 10.1 Å². The number of nitrogens with two attached hydrogens (primary N) is 1. The van der Waals surface area contributed by atoms with Gasteiger partial charge in [-0.15, -0.1) is 0 Å². The fraction of sp³-hybridized carbons (Fsp3) is 0.0769. The van der Waals surface area contributed by atoms with Crippen LogP contribution in [0.2, 0.25) is 10.0 Å². The first-order valence-electron chi connectivity index (χ1n) is 5.58. The molecular weight excluding hydrogens is 303 g/mol. The van der Waals surface area contributed by atoms with Gasteiger partial charge >= 0.3 is 0 Å². The van der Waals surface area contributed by atoms with Gasteiger partial charge in [-0.1, -0.05) is 35.3 Å². The molecule has 0 aliphatic carbocycles. The van der Waals surface area contributed by atoms with Crippen LogP contribution in [-0.2, 0) is 6.61 Å². The summed E-state index contributed by atoms with van der Waals surface area (Å²) in [5.41, 5.74) is 6.07. The molecule has 0 saturated carbocycles. The van der Waals surface area contributed by atoms with Crippen molar-refractivity contribution in [3.05, 3.63) is 62.1 Å². The largest absolute Gasteiger partial charge is 0.486 e. The molecule has 0 bridgehead atoms. The van der Waals surface area contributed by atoms with Crippen LogP contribution in [0.25, 0.3) is 0 Å². The van der Waals surface area contributed by atoms with Gasteiger partial charge in [0.25, 0.3) is 5.69 Å². The van der Waals surface area contributed by atoms with Gasteiger partial charge in [0, 0.05) is 6.07 Å². The van der Waals surface area contributed by atoms with E-state index in [9.17, 15) is 10.1 Å². The molecule has 2 aromatic rings.